The summed E-state index contributed by atoms with van der Waals surface area (Å²) in [6, 6.07) is 9.44. The van der Waals surface area contributed by atoms with Crippen LogP contribution in [0.1, 0.15) is 12.0 Å². The van der Waals surface area contributed by atoms with E-state index in [1.165, 1.54) is 4.90 Å². The molecule has 1 aromatic rings. The lowest BCUT2D eigenvalue weighted by molar-refractivity contribution is -0.134. The zero-order valence-electron chi connectivity index (χ0n) is 12.8. The molecule has 2 amide bonds. The zero-order chi connectivity index (χ0) is 16.1. The third-order valence-corrected chi connectivity index (χ3v) is 3.78. The number of rotatable bonds is 5. The van der Waals surface area contributed by atoms with Crippen molar-refractivity contribution < 1.29 is 14.3 Å². The Hall–Kier alpha value is -2.55. The number of hydrogen-bond acceptors (Lipinski definition) is 4. The molecule has 0 spiro atoms. The Morgan fingerprint density at radius 1 is 1.45 bits per heavy atom. The smallest absolute Gasteiger partial charge is 0.228 e. The van der Waals surface area contributed by atoms with Crippen LogP contribution in [0.4, 0.5) is 0 Å². The molecular weight excluding hydrogens is 282 g/mol. The first kappa shape index (κ1) is 15.8. The van der Waals surface area contributed by atoms with Crippen LogP contribution in [-0.2, 0) is 16.1 Å². The Kier molecular flexibility index (Phi) is 4.99. The fourth-order valence-electron chi connectivity index (χ4n) is 2.54. The summed E-state index contributed by atoms with van der Waals surface area (Å²) in [5.41, 5.74) is 0.993. The number of amides is 2. The first-order valence-electron chi connectivity index (χ1n) is 7.07. The van der Waals surface area contributed by atoms with E-state index in [0.29, 0.717) is 13.1 Å². The number of hydrogen-bond donors (Lipinski definition) is 0. The number of carbonyl (C=O) groups is 2. The minimum Gasteiger partial charge on any atom is -0.497 e. The summed E-state index contributed by atoms with van der Waals surface area (Å²) in [6.07, 6.45) is 0.213. The van der Waals surface area contributed by atoms with Crippen molar-refractivity contribution in [2.45, 2.75) is 13.0 Å². The predicted octanol–water partition coefficient (Wildman–Crippen LogP) is 1.03. The van der Waals surface area contributed by atoms with Gasteiger partial charge in [0.2, 0.25) is 11.8 Å². The van der Waals surface area contributed by atoms with Crippen molar-refractivity contribution in [3.8, 4) is 11.8 Å². The number of nitrogens with zero attached hydrogens (tertiary/aromatic N) is 3. The second kappa shape index (κ2) is 6.94. The lowest BCUT2D eigenvalue weighted by atomic mass is 10.1. The quantitative estimate of drug-likeness (QED) is 0.761. The zero-order valence-corrected chi connectivity index (χ0v) is 12.8. The molecule has 116 valence electrons. The fourth-order valence-corrected chi connectivity index (χ4v) is 2.54. The van der Waals surface area contributed by atoms with Crippen molar-refractivity contribution in [3.63, 3.8) is 0 Å². The highest BCUT2D eigenvalue weighted by molar-refractivity contribution is 5.89. The molecule has 6 nitrogen and oxygen atoms in total. The van der Waals surface area contributed by atoms with Crippen molar-refractivity contribution in [1.82, 2.24) is 9.80 Å². The summed E-state index contributed by atoms with van der Waals surface area (Å²) in [7, 11) is 3.19. The molecule has 6 heteroatoms. The second-order valence-electron chi connectivity index (χ2n) is 5.38. The van der Waals surface area contributed by atoms with Gasteiger partial charge in [0.1, 0.15) is 12.3 Å². The van der Waals surface area contributed by atoms with Crippen molar-refractivity contribution in [3.05, 3.63) is 29.8 Å². The molecule has 1 unspecified atom stereocenters. The molecule has 1 aliphatic heterocycles. The average Bonchev–Trinajstić information content (AvgIpc) is 2.88. The van der Waals surface area contributed by atoms with E-state index in [-0.39, 0.29) is 30.7 Å². The molecule has 1 aromatic carbocycles. The topological polar surface area (TPSA) is 73.6 Å². The molecule has 1 aliphatic rings. The summed E-state index contributed by atoms with van der Waals surface area (Å²) in [6.45, 7) is 0.927. The highest BCUT2D eigenvalue weighted by Gasteiger charge is 2.35. The minimum atomic E-state index is -0.357. The van der Waals surface area contributed by atoms with E-state index in [2.05, 4.69) is 0 Å². The predicted molar refractivity (Wildman–Crippen MR) is 79.8 cm³/mol. The average molecular weight is 301 g/mol. The lowest BCUT2D eigenvalue weighted by Gasteiger charge is -2.19. The van der Waals surface area contributed by atoms with Crippen LogP contribution in [0.25, 0.3) is 0 Å². The van der Waals surface area contributed by atoms with E-state index in [0.717, 1.165) is 11.3 Å². The van der Waals surface area contributed by atoms with E-state index >= 15 is 0 Å². The second-order valence-corrected chi connectivity index (χ2v) is 5.38. The van der Waals surface area contributed by atoms with Gasteiger partial charge in [-0.2, -0.15) is 5.26 Å². The third kappa shape index (κ3) is 3.55. The van der Waals surface area contributed by atoms with Gasteiger partial charge in [-0.15, -0.1) is 0 Å². The van der Waals surface area contributed by atoms with E-state index in [9.17, 15) is 9.59 Å². The van der Waals surface area contributed by atoms with E-state index < -0.39 is 0 Å². The Labute approximate surface area is 129 Å². The van der Waals surface area contributed by atoms with Gasteiger partial charge in [0.25, 0.3) is 0 Å². The number of nitriles is 1. The van der Waals surface area contributed by atoms with Gasteiger partial charge in [-0.3, -0.25) is 9.59 Å². The molecule has 1 saturated heterocycles. The summed E-state index contributed by atoms with van der Waals surface area (Å²) in [4.78, 5) is 27.3. The van der Waals surface area contributed by atoms with Gasteiger partial charge in [-0.05, 0) is 17.7 Å². The largest absolute Gasteiger partial charge is 0.497 e. The first-order valence-corrected chi connectivity index (χ1v) is 7.07. The SMILES string of the molecule is COc1ccc(CN2CC(C(=O)N(C)CC#N)CC2=O)cc1. The van der Waals surface area contributed by atoms with Crippen LogP contribution < -0.4 is 4.74 Å². The van der Waals surface area contributed by atoms with Crippen molar-refractivity contribution in [1.29, 1.82) is 5.26 Å². The Balaban J connectivity index is 1.97. The third-order valence-electron chi connectivity index (χ3n) is 3.78. The van der Waals surface area contributed by atoms with Crippen LogP contribution in [0.5, 0.6) is 5.75 Å². The Morgan fingerprint density at radius 3 is 2.73 bits per heavy atom. The summed E-state index contributed by atoms with van der Waals surface area (Å²) in [5.74, 6) is 0.235. The Bertz CT molecular complexity index is 592. The molecular formula is C16H19N3O3. The molecule has 2 rings (SSSR count). The van der Waals surface area contributed by atoms with Gasteiger partial charge in [-0.25, -0.2) is 0 Å². The molecule has 0 aromatic heterocycles. The highest BCUT2D eigenvalue weighted by Crippen LogP contribution is 2.22. The maximum atomic E-state index is 12.1. The van der Waals surface area contributed by atoms with Crippen LogP contribution in [0.3, 0.4) is 0 Å². The molecule has 0 radical (unpaired) electrons. The van der Waals surface area contributed by atoms with Crippen LogP contribution in [0.2, 0.25) is 0 Å². The highest BCUT2D eigenvalue weighted by atomic mass is 16.5. The maximum absolute atomic E-state index is 12.1. The van der Waals surface area contributed by atoms with Crippen molar-refractivity contribution >= 4 is 11.8 Å². The number of benzene rings is 1. The van der Waals surface area contributed by atoms with Crippen LogP contribution >= 0.6 is 0 Å². The number of likely N-dealkylation sites (tertiary alicyclic amines) is 1. The molecule has 1 fully saturated rings. The van der Waals surface area contributed by atoms with Crippen LogP contribution in [-0.4, -0.2) is 48.9 Å². The molecule has 0 N–H and O–H groups in total. The fraction of sp³-hybridized carbons (Fsp3) is 0.438. The summed E-state index contributed by atoms with van der Waals surface area (Å²) < 4.78 is 5.10. The van der Waals surface area contributed by atoms with Gasteiger partial charge in [0, 0.05) is 26.6 Å². The van der Waals surface area contributed by atoms with Crippen LogP contribution in [0.15, 0.2) is 24.3 Å². The molecule has 0 bridgehead atoms. The monoisotopic (exact) mass is 301 g/mol. The molecule has 1 atom stereocenters. The normalized spacial score (nSPS) is 17.2. The van der Waals surface area contributed by atoms with Gasteiger partial charge >= 0.3 is 0 Å². The number of methoxy groups -OCH3 is 1. The van der Waals surface area contributed by atoms with Gasteiger partial charge < -0.3 is 14.5 Å². The van der Waals surface area contributed by atoms with Crippen molar-refractivity contribution in [2.75, 3.05) is 27.2 Å². The Morgan fingerprint density at radius 2 is 2.14 bits per heavy atom. The van der Waals surface area contributed by atoms with Crippen LogP contribution in [0, 0.1) is 17.2 Å². The first-order chi connectivity index (χ1) is 10.5. The van der Waals surface area contributed by atoms with E-state index in [1.807, 2.05) is 30.3 Å². The maximum Gasteiger partial charge on any atom is 0.228 e. The van der Waals surface area contributed by atoms with Gasteiger partial charge in [0.15, 0.2) is 0 Å². The molecule has 0 saturated carbocycles. The van der Waals surface area contributed by atoms with E-state index in [1.54, 1.807) is 19.1 Å². The summed E-state index contributed by atoms with van der Waals surface area (Å²) in [5, 5.41) is 8.64. The number of ether oxygens (including phenoxy) is 1. The number of carbonyl (C=O) groups excluding carboxylic acids is 2. The summed E-state index contributed by atoms with van der Waals surface area (Å²) >= 11 is 0. The van der Waals surface area contributed by atoms with Crippen molar-refractivity contribution in [2.24, 2.45) is 5.92 Å². The molecule has 22 heavy (non-hydrogen) atoms. The van der Waals surface area contributed by atoms with Gasteiger partial charge in [0.05, 0.1) is 19.1 Å². The molecule has 1 heterocycles. The minimum absolute atomic E-state index is 0.0282. The van der Waals surface area contributed by atoms with E-state index in [4.69, 9.17) is 10.00 Å². The van der Waals surface area contributed by atoms with Gasteiger partial charge in [-0.1, -0.05) is 12.1 Å². The lowest BCUT2D eigenvalue weighted by Crippen LogP contribution is -2.34. The standard InChI is InChI=1S/C16H19N3O3/c1-18(8-7-17)16(21)13-9-15(20)19(11-13)10-12-3-5-14(22-2)6-4-12/h3-6,13H,8-11H2,1-2H3. The molecule has 0 aliphatic carbocycles.